The van der Waals surface area contributed by atoms with Gasteiger partial charge >= 0.3 is 0 Å². The second kappa shape index (κ2) is 4.98. The lowest BCUT2D eigenvalue weighted by Crippen LogP contribution is -2.01. The zero-order valence-electron chi connectivity index (χ0n) is 11.7. The molecule has 0 atom stereocenters. The zero-order valence-corrected chi connectivity index (χ0v) is 11.7. The molecule has 0 aliphatic rings. The molecule has 1 heterocycles. The summed E-state index contributed by atoms with van der Waals surface area (Å²) < 4.78 is 10.7. The largest absolute Gasteiger partial charge is 0.507 e. The fourth-order valence-electron chi connectivity index (χ4n) is 2.37. The van der Waals surface area contributed by atoms with Gasteiger partial charge in [0.05, 0.1) is 12.5 Å². The van der Waals surface area contributed by atoms with Gasteiger partial charge < -0.3 is 14.3 Å². The number of hydrogen-bond donors (Lipinski definition) is 1. The highest BCUT2D eigenvalue weighted by atomic mass is 16.5. The van der Waals surface area contributed by atoms with Crippen LogP contribution in [0.5, 0.6) is 11.5 Å². The summed E-state index contributed by atoms with van der Waals surface area (Å²) in [4.78, 5) is 12.5. The summed E-state index contributed by atoms with van der Waals surface area (Å²) in [7, 11) is 1.57. The van der Waals surface area contributed by atoms with E-state index in [1.54, 1.807) is 56.5 Å². The molecule has 21 heavy (non-hydrogen) atoms. The number of fused-ring (bicyclic) bond motifs is 1. The number of methoxy groups -OCH3 is 1. The summed E-state index contributed by atoms with van der Waals surface area (Å²) >= 11 is 0. The van der Waals surface area contributed by atoms with E-state index in [2.05, 4.69) is 0 Å². The van der Waals surface area contributed by atoms with Crippen molar-refractivity contribution in [3.63, 3.8) is 0 Å². The van der Waals surface area contributed by atoms with Gasteiger partial charge in [-0.3, -0.25) is 4.79 Å². The smallest absolute Gasteiger partial charge is 0.228 e. The van der Waals surface area contributed by atoms with Gasteiger partial charge in [-0.05, 0) is 43.3 Å². The van der Waals surface area contributed by atoms with Crippen LogP contribution < -0.4 is 4.74 Å². The number of benzene rings is 2. The molecule has 1 N–H and O–H groups in total. The van der Waals surface area contributed by atoms with Gasteiger partial charge in [0.2, 0.25) is 5.78 Å². The molecule has 1 aromatic heterocycles. The summed E-state index contributed by atoms with van der Waals surface area (Å²) in [5.74, 6) is 0.829. The minimum Gasteiger partial charge on any atom is -0.507 e. The van der Waals surface area contributed by atoms with E-state index >= 15 is 0 Å². The van der Waals surface area contributed by atoms with Crippen LogP contribution >= 0.6 is 0 Å². The van der Waals surface area contributed by atoms with Crippen LogP contribution in [0.4, 0.5) is 0 Å². The number of aromatic hydroxyl groups is 1. The van der Waals surface area contributed by atoms with Crippen molar-refractivity contribution < 1.29 is 19.1 Å². The predicted octanol–water partition coefficient (Wildman–Crippen LogP) is 3.69. The lowest BCUT2D eigenvalue weighted by molar-refractivity contribution is 0.101. The number of ether oxygens (including phenoxy) is 1. The van der Waals surface area contributed by atoms with Gasteiger partial charge in [-0.2, -0.15) is 0 Å². The van der Waals surface area contributed by atoms with Gasteiger partial charge in [0, 0.05) is 11.1 Å². The standard InChI is InChI=1S/C17H14O4/c1-10-15-13(18)4-3-5-14(15)21-17(10)16(19)11-6-8-12(20-2)9-7-11/h3-9,18H,1-2H3. The van der Waals surface area contributed by atoms with Gasteiger partial charge in [0.25, 0.3) is 0 Å². The number of phenolic OH excluding ortho intramolecular Hbond substituents is 1. The van der Waals surface area contributed by atoms with Gasteiger partial charge in [0.1, 0.15) is 17.1 Å². The molecule has 0 aliphatic carbocycles. The Labute approximate surface area is 121 Å². The van der Waals surface area contributed by atoms with E-state index in [1.807, 2.05) is 0 Å². The Morgan fingerprint density at radius 3 is 2.48 bits per heavy atom. The van der Waals surface area contributed by atoms with Crippen molar-refractivity contribution in [1.29, 1.82) is 0 Å². The first kappa shape index (κ1) is 13.2. The van der Waals surface area contributed by atoms with Crippen LogP contribution in [0, 0.1) is 6.92 Å². The number of carbonyl (C=O) groups excluding carboxylic acids is 1. The molecule has 0 aliphatic heterocycles. The Hall–Kier alpha value is -2.75. The van der Waals surface area contributed by atoms with E-state index in [0.29, 0.717) is 27.8 Å². The van der Waals surface area contributed by atoms with Crippen LogP contribution in [0.2, 0.25) is 0 Å². The van der Waals surface area contributed by atoms with Crippen LogP contribution in [0.15, 0.2) is 46.9 Å². The molecule has 4 nitrogen and oxygen atoms in total. The third-order valence-electron chi connectivity index (χ3n) is 3.49. The second-order valence-electron chi connectivity index (χ2n) is 4.76. The van der Waals surface area contributed by atoms with Crippen molar-refractivity contribution in [2.45, 2.75) is 6.92 Å². The molecule has 2 aromatic carbocycles. The molecular formula is C17H14O4. The molecule has 0 spiro atoms. The van der Waals surface area contributed by atoms with E-state index in [9.17, 15) is 9.90 Å². The lowest BCUT2D eigenvalue weighted by Gasteiger charge is -2.02. The lowest BCUT2D eigenvalue weighted by atomic mass is 10.0. The molecule has 0 saturated carbocycles. The monoisotopic (exact) mass is 282 g/mol. The van der Waals surface area contributed by atoms with Crippen LogP contribution in [-0.4, -0.2) is 18.0 Å². The first-order chi connectivity index (χ1) is 10.1. The summed E-state index contributed by atoms with van der Waals surface area (Å²) in [5.41, 5.74) is 1.66. The summed E-state index contributed by atoms with van der Waals surface area (Å²) in [6, 6.07) is 11.8. The number of ketones is 1. The normalized spacial score (nSPS) is 10.8. The topological polar surface area (TPSA) is 59.7 Å². The number of furan rings is 1. The molecule has 3 rings (SSSR count). The third-order valence-corrected chi connectivity index (χ3v) is 3.49. The van der Waals surface area contributed by atoms with Crippen molar-refractivity contribution in [3.8, 4) is 11.5 Å². The summed E-state index contributed by atoms with van der Waals surface area (Å²) in [5, 5.41) is 10.5. The first-order valence-corrected chi connectivity index (χ1v) is 6.51. The van der Waals surface area contributed by atoms with Gasteiger partial charge in [0.15, 0.2) is 5.76 Å². The van der Waals surface area contributed by atoms with Crippen molar-refractivity contribution >= 4 is 16.8 Å². The Balaban J connectivity index is 2.09. The minimum atomic E-state index is -0.217. The highest BCUT2D eigenvalue weighted by Gasteiger charge is 2.20. The first-order valence-electron chi connectivity index (χ1n) is 6.51. The molecule has 0 radical (unpaired) electrons. The average Bonchev–Trinajstić information content (AvgIpc) is 2.85. The van der Waals surface area contributed by atoms with Crippen LogP contribution in [0.1, 0.15) is 21.7 Å². The third kappa shape index (κ3) is 2.14. The van der Waals surface area contributed by atoms with Crippen molar-refractivity contribution in [2.75, 3.05) is 7.11 Å². The van der Waals surface area contributed by atoms with Crippen LogP contribution in [0.25, 0.3) is 11.0 Å². The Morgan fingerprint density at radius 2 is 1.86 bits per heavy atom. The molecule has 0 saturated heterocycles. The van der Waals surface area contributed by atoms with E-state index in [0.717, 1.165) is 0 Å². The Kier molecular flexibility index (Phi) is 3.14. The van der Waals surface area contributed by atoms with E-state index < -0.39 is 0 Å². The molecule has 3 aromatic rings. The molecular weight excluding hydrogens is 268 g/mol. The molecule has 106 valence electrons. The molecule has 0 unspecified atom stereocenters. The number of carbonyl (C=O) groups is 1. The maximum absolute atomic E-state index is 12.5. The van der Waals surface area contributed by atoms with Crippen molar-refractivity contribution in [1.82, 2.24) is 0 Å². The predicted molar refractivity (Wildman–Crippen MR) is 79.0 cm³/mol. The minimum absolute atomic E-state index is 0.113. The van der Waals surface area contributed by atoms with Gasteiger partial charge in [-0.25, -0.2) is 0 Å². The zero-order chi connectivity index (χ0) is 15.0. The number of rotatable bonds is 3. The Bertz CT molecular complexity index is 813. The molecule has 0 bridgehead atoms. The number of aryl methyl sites for hydroxylation is 1. The van der Waals surface area contributed by atoms with Crippen LogP contribution in [0.3, 0.4) is 0 Å². The van der Waals surface area contributed by atoms with E-state index in [-0.39, 0.29) is 17.3 Å². The van der Waals surface area contributed by atoms with Crippen molar-refractivity contribution in [3.05, 3.63) is 59.4 Å². The number of hydrogen-bond acceptors (Lipinski definition) is 4. The Morgan fingerprint density at radius 1 is 1.14 bits per heavy atom. The fraction of sp³-hybridized carbons (Fsp3) is 0.118. The van der Waals surface area contributed by atoms with E-state index in [1.165, 1.54) is 0 Å². The van der Waals surface area contributed by atoms with Gasteiger partial charge in [-0.1, -0.05) is 6.07 Å². The van der Waals surface area contributed by atoms with E-state index in [4.69, 9.17) is 9.15 Å². The maximum Gasteiger partial charge on any atom is 0.228 e. The maximum atomic E-state index is 12.5. The summed E-state index contributed by atoms with van der Waals surface area (Å²) in [6.07, 6.45) is 0. The van der Waals surface area contributed by atoms with Gasteiger partial charge in [-0.15, -0.1) is 0 Å². The fourth-order valence-corrected chi connectivity index (χ4v) is 2.37. The molecule has 4 heteroatoms. The SMILES string of the molecule is COc1ccc(C(=O)c2oc3cccc(O)c3c2C)cc1. The summed E-state index contributed by atoms with van der Waals surface area (Å²) in [6.45, 7) is 1.77. The second-order valence-corrected chi connectivity index (χ2v) is 4.76. The average molecular weight is 282 g/mol. The van der Waals surface area contributed by atoms with Crippen molar-refractivity contribution in [2.24, 2.45) is 0 Å². The van der Waals surface area contributed by atoms with Crippen LogP contribution in [-0.2, 0) is 0 Å². The quantitative estimate of drug-likeness (QED) is 0.744. The molecule has 0 fully saturated rings. The molecule has 0 amide bonds. The highest BCUT2D eigenvalue weighted by molar-refractivity contribution is 6.11. The number of phenols is 1. The highest BCUT2D eigenvalue weighted by Crippen LogP contribution is 2.33.